The summed E-state index contributed by atoms with van der Waals surface area (Å²) in [5, 5.41) is 3.61. The van der Waals surface area contributed by atoms with Gasteiger partial charge in [0.05, 0.1) is 0 Å². The van der Waals surface area contributed by atoms with E-state index in [0.29, 0.717) is 0 Å². The maximum Gasteiger partial charge on any atom is 0.163 e. The predicted molar refractivity (Wildman–Crippen MR) is 106 cm³/mol. The summed E-state index contributed by atoms with van der Waals surface area (Å²) >= 11 is 0. The molecule has 6 heteroatoms. The predicted octanol–water partition coefficient (Wildman–Crippen LogP) is 2.68. The minimum atomic E-state index is -0.0314. The van der Waals surface area contributed by atoms with Crippen molar-refractivity contribution in [1.29, 1.82) is 0 Å². The fourth-order valence-electron chi connectivity index (χ4n) is 3.18. The molecule has 140 valence electrons. The maximum atomic E-state index is 4.71. The Kier molecular flexibility index (Phi) is 5.84. The zero-order chi connectivity index (χ0) is 18.6. The Morgan fingerprint density at radius 1 is 1.15 bits per heavy atom. The first-order chi connectivity index (χ1) is 12.4. The molecule has 0 aliphatic carbocycles. The second-order valence-corrected chi connectivity index (χ2v) is 7.86. The van der Waals surface area contributed by atoms with Gasteiger partial charge >= 0.3 is 0 Å². The highest BCUT2D eigenvalue weighted by molar-refractivity contribution is 5.56. The highest BCUT2D eigenvalue weighted by Crippen LogP contribution is 2.21. The lowest BCUT2D eigenvalue weighted by atomic mass is 10.00. The number of likely N-dealkylation sites (N-methyl/N-ethyl adjacent to an activating group) is 1. The quantitative estimate of drug-likeness (QED) is 0.861. The molecule has 1 aliphatic rings. The first kappa shape index (κ1) is 18.7. The first-order valence-electron chi connectivity index (χ1n) is 9.36. The minimum absolute atomic E-state index is 0.0314. The summed E-state index contributed by atoms with van der Waals surface area (Å²) in [6, 6.07) is 5.91. The van der Waals surface area contributed by atoms with Crippen LogP contribution < -0.4 is 5.32 Å². The molecular formula is C20H30N6. The number of rotatable bonds is 6. The molecule has 0 bridgehead atoms. The van der Waals surface area contributed by atoms with E-state index in [9.17, 15) is 0 Å². The van der Waals surface area contributed by atoms with Gasteiger partial charge in [0.15, 0.2) is 5.82 Å². The number of hydrogen-bond acceptors (Lipinski definition) is 6. The summed E-state index contributed by atoms with van der Waals surface area (Å²) in [6.07, 6.45) is 4.64. The Balaban J connectivity index is 1.64. The molecule has 6 nitrogen and oxygen atoms in total. The Morgan fingerprint density at radius 3 is 2.62 bits per heavy atom. The van der Waals surface area contributed by atoms with Gasteiger partial charge in [-0.15, -0.1) is 0 Å². The zero-order valence-electron chi connectivity index (χ0n) is 16.4. The van der Waals surface area contributed by atoms with E-state index >= 15 is 0 Å². The van der Waals surface area contributed by atoms with Crippen LogP contribution in [0.4, 0.5) is 5.82 Å². The van der Waals surface area contributed by atoms with Crippen LogP contribution in [-0.4, -0.2) is 70.1 Å². The summed E-state index contributed by atoms with van der Waals surface area (Å²) in [5.74, 6) is 1.59. The largest absolute Gasteiger partial charge is 0.365 e. The Hall–Kier alpha value is -2.05. The lowest BCUT2D eigenvalue weighted by Crippen LogP contribution is -2.46. The van der Waals surface area contributed by atoms with E-state index < -0.39 is 0 Å². The molecule has 0 amide bonds. The standard InChI is InChI=1S/C20H30N6/c1-16-14-18(23-19(22-16)17-6-5-8-21-15-17)24-20(2,3)7-9-26-12-10-25(4)11-13-26/h5-6,8,14-15H,7,9-13H2,1-4H3,(H,22,23,24). The number of aromatic nitrogens is 3. The summed E-state index contributed by atoms with van der Waals surface area (Å²) in [7, 11) is 2.19. The monoisotopic (exact) mass is 354 g/mol. The van der Waals surface area contributed by atoms with Crippen molar-refractivity contribution in [3.8, 4) is 11.4 Å². The molecule has 2 aromatic rings. The van der Waals surface area contributed by atoms with E-state index in [1.807, 2.05) is 25.1 Å². The molecule has 1 fully saturated rings. The van der Waals surface area contributed by atoms with Crippen LogP contribution in [0, 0.1) is 6.92 Å². The molecule has 1 aliphatic heterocycles. The normalized spacial score (nSPS) is 16.6. The SMILES string of the molecule is Cc1cc(NC(C)(C)CCN2CCN(C)CC2)nc(-c2cccnc2)n1. The highest BCUT2D eigenvalue weighted by Gasteiger charge is 2.22. The Bertz CT molecular complexity index is 707. The van der Waals surface area contributed by atoms with Crippen LogP contribution in [-0.2, 0) is 0 Å². The lowest BCUT2D eigenvalue weighted by molar-refractivity contribution is 0.147. The molecule has 3 rings (SSSR count). The average Bonchev–Trinajstić information content (AvgIpc) is 2.61. The van der Waals surface area contributed by atoms with Gasteiger partial charge in [-0.3, -0.25) is 4.98 Å². The van der Waals surface area contributed by atoms with Gasteiger partial charge in [0.1, 0.15) is 5.82 Å². The smallest absolute Gasteiger partial charge is 0.163 e. The topological polar surface area (TPSA) is 57.2 Å². The van der Waals surface area contributed by atoms with Gasteiger partial charge in [-0.1, -0.05) is 0 Å². The number of nitrogens with zero attached hydrogens (tertiary/aromatic N) is 5. The molecule has 2 aromatic heterocycles. The van der Waals surface area contributed by atoms with Gasteiger partial charge in [-0.25, -0.2) is 9.97 Å². The van der Waals surface area contributed by atoms with Crippen molar-refractivity contribution in [1.82, 2.24) is 24.8 Å². The van der Waals surface area contributed by atoms with E-state index in [4.69, 9.17) is 4.98 Å². The van der Waals surface area contributed by atoms with Crippen LogP contribution in [0.25, 0.3) is 11.4 Å². The van der Waals surface area contributed by atoms with Gasteiger partial charge in [-0.05, 0) is 46.4 Å². The molecular weight excluding hydrogens is 324 g/mol. The van der Waals surface area contributed by atoms with Crippen LogP contribution in [0.1, 0.15) is 26.0 Å². The second kappa shape index (κ2) is 8.10. The second-order valence-electron chi connectivity index (χ2n) is 7.86. The van der Waals surface area contributed by atoms with Crippen molar-refractivity contribution in [2.24, 2.45) is 0 Å². The van der Waals surface area contributed by atoms with Crippen LogP contribution in [0.5, 0.6) is 0 Å². The minimum Gasteiger partial charge on any atom is -0.365 e. The molecule has 0 unspecified atom stereocenters. The van der Waals surface area contributed by atoms with E-state index in [-0.39, 0.29) is 5.54 Å². The van der Waals surface area contributed by atoms with E-state index in [1.54, 1.807) is 12.4 Å². The highest BCUT2D eigenvalue weighted by atomic mass is 15.2. The number of piperazine rings is 1. The number of hydrogen-bond donors (Lipinski definition) is 1. The maximum absolute atomic E-state index is 4.71. The number of pyridine rings is 1. The van der Waals surface area contributed by atoms with Gasteiger partial charge in [0, 0.05) is 68.0 Å². The van der Waals surface area contributed by atoms with E-state index in [1.165, 1.54) is 0 Å². The van der Waals surface area contributed by atoms with Crippen molar-refractivity contribution in [3.05, 3.63) is 36.3 Å². The van der Waals surface area contributed by atoms with Crippen molar-refractivity contribution in [2.45, 2.75) is 32.7 Å². The Labute approximate surface area is 156 Å². The fourth-order valence-corrected chi connectivity index (χ4v) is 3.18. The molecule has 3 heterocycles. The molecule has 0 radical (unpaired) electrons. The fraction of sp³-hybridized carbons (Fsp3) is 0.550. The van der Waals surface area contributed by atoms with Crippen molar-refractivity contribution < 1.29 is 0 Å². The third-order valence-electron chi connectivity index (χ3n) is 4.89. The molecule has 1 N–H and O–H groups in total. The van der Waals surface area contributed by atoms with Gasteiger partial charge < -0.3 is 15.1 Å². The number of nitrogens with one attached hydrogen (secondary N) is 1. The molecule has 1 saturated heterocycles. The molecule has 26 heavy (non-hydrogen) atoms. The van der Waals surface area contributed by atoms with Crippen molar-refractivity contribution >= 4 is 5.82 Å². The van der Waals surface area contributed by atoms with Crippen LogP contribution in [0.2, 0.25) is 0 Å². The van der Waals surface area contributed by atoms with Crippen LogP contribution in [0.15, 0.2) is 30.6 Å². The third kappa shape index (κ3) is 5.22. The van der Waals surface area contributed by atoms with Crippen molar-refractivity contribution in [2.75, 3.05) is 45.1 Å². The van der Waals surface area contributed by atoms with Crippen molar-refractivity contribution in [3.63, 3.8) is 0 Å². The third-order valence-corrected chi connectivity index (χ3v) is 4.89. The average molecular weight is 355 g/mol. The summed E-state index contributed by atoms with van der Waals surface area (Å²) in [5.41, 5.74) is 1.86. The van der Waals surface area contributed by atoms with Gasteiger partial charge in [0.2, 0.25) is 0 Å². The number of anilines is 1. The van der Waals surface area contributed by atoms with E-state index in [2.05, 4.69) is 46.0 Å². The molecule has 0 saturated carbocycles. The molecule has 0 aromatic carbocycles. The lowest BCUT2D eigenvalue weighted by Gasteiger charge is -2.35. The molecule has 0 atom stereocenters. The van der Waals surface area contributed by atoms with Crippen LogP contribution in [0.3, 0.4) is 0 Å². The van der Waals surface area contributed by atoms with E-state index in [0.717, 1.165) is 62.0 Å². The van der Waals surface area contributed by atoms with Gasteiger partial charge in [-0.2, -0.15) is 0 Å². The Morgan fingerprint density at radius 2 is 1.92 bits per heavy atom. The van der Waals surface area contributed by atoms with Gasteiger partial charge in [0.25, 0.3) is 0 Å². The van der Waals surface area contributed by atoms with Crippen LogP contribution >= 0.6 is 0 Å². The zero-order valence-corrected chi connectivity index (χ0v) is 16.4. The number of aryl methyl sites for hydroxylation is 1. The summed E-state index contributed by atoms with van der Waals surface area (Å²) < 4.78 is 0. The summed E-state index contributed by atoms with van der Waals surface area (Å²) in [4.78, 5) is 18.4. The first-order valence-corrected chi connectivity index (χ1v) is 9.36. The summed E-state index contributed by atoms with van der Waals surface area (Å²) in [6.45, 7) is 12.2. The molecule has 0 spiro atoms.